The number of rotatable bonds is 10. The van der Waals surface area contributed by atoms with Crippen LogP contribution in [-0.2, 0) is 19.2 Å². The monoisotopic (exact) mass is 536 g/mol. The molecule has 6 N–H and O–H groups in total. The minimum absolute atomic E-state index is 0.0436. The van der Waals surface area contributed by atoms with E-state index < -0.39 is 46.5 Å². The minimum Gasteiger partial charge on any atom is -0.508 e. The number of H-pyrrole nitrogens is 1. The molecule has 3 unspecified atom stereocenters. The Morgan fingerprint density at radius 3 is 2.58 bits per heavy atom. The number of aromatic hydroxyl groups is 1. The zero-order valence-corrected chi connectivity index (χ0v) is 19.9. The number of nitrogens with zero attached hydrogens (tertiary/aromatic N) is 4. The Kier molecular flexibility index (Phi) is 7.46. The number of aromatic nitrogens is 4. The van der Waals surface area contributed by atoms with Gasteiger partial charge in [0.2, 0.25) is 5.16 Å². The number of thioether (sulfide) groups is 2. The van der Waals surface area contributed by atoms with Crippen LogP contribution in [0.15, 0.2) is 40.7 Å². The molecular formula is C20H20N6O8S2. The van der Waals surface area contributed by atoms with Gasteiger partial charge in [-0.25, -0.2) is 9.89 Å². The number of hydrogen-bond acceptors (Lipinski definition) is 11. The van der Waals surface area contributed by atoms with E-state index in [4.69, 9.17) is 5.11 Å². The predicted molar refractivity (Wildman–Crippen MR) is 123 cm³/mol. The van der Waals surface area contributed by atoms with Gasteiger partial charge >= 0.3 is 11.9 Å². The number of β-lactam (4-membered cyclic amide) rings is 1. The number of carboxylic acid groups (broad SMARTS) is 2. The van der Waals surface area contributed by atoms with E-state index in [0.717, 1.165) is 16.7 Å². The quantitative estimate of drug-likeness (QED) is 0.170. The molecule has 36 heavy (non-hydrogen) atoms. The van der Waals surface area contributed by atoms with Crippen LogP contribution in [0.3, 0.4) is 0 Å². The standard InChI is InChI=1S/C20H20N6O8S2/c27-9-3-1-8(2-4-9)15(30)16(31)21-13-17(32)26-14(19(33)34)10(7-35-18(13)26)11(5-6-12(28)29)36-20-22-24-25-23-20/h1-4,11,13,15,18,27,30H,5-7H2,(H,21,31)(H,28,29)(H,33,34)(H,22,23,24,25)/t11?,13?,15?,18-/m0/s1. The van der Waals surface area contributed by atoms with Gasteiger partial charge in [0.15, 0.2) is 6.10 Å². The fraction of sp³-hybridized carbons (Fsp3) is 0.350. The molecule has 2 aliphatic heterocycles. The van der Waals surface area contributed by atoms with Crippen LogP contribution >= 0.6 is 23.5 Å². The molecule has 0 spiro atoms. The molecule has 14 nitrogen and oxygen atoms in total. The number of phenols is 1. The number of nitrogens with one attached hydrogen (secondary N) is 2. The largest absolute Gasteiger partial charge is 0.508 e. The molecule has 0 aliphatic carbocycles. The van der Waals surface area contributed by atoms with Crippen molar-refractivity contribution in [3.05, 3.63) is 41.1 Å². The number of benzene rings is 1. The van der Waals surface area contributed by atoms with Crippen molar-refractivity contribution in [2.45, 2.75) is 40.8 Å². The Labute approximate surface area is 211 Å². The molecule has 3 heterocycles. The van der Waals surface area contributed by atoms with Crippen molar-refractivity contribution < 1.29 is 39.6 Å². The maximum atomic E-state index is 12.9. The number of phenolic OH excluding ortho intramolecular Hbond substituents is 1. The Balaban J connectivity index is 1.53. The number of carbonyl (C=O) groups excluding carboxylic acids is 2. The number of aromatic amines is 1. The molecule has 190 valence electrons. The third kappa shape index (κ3) is 5.14. The molecule has 2 amide bonds. The van der Waals surface area contributed by atoms with Crippen molar-refractivity contribution in [3.63, 3.8) is 0 Å². The first-order valence-corrected chi connectivity index (χ1v) is 12.4. The van der Waals surface area contributed by atoms with Gasteiger partial charge in [0.1, 0.15) is 22.9 Å². The first kappa shape index (κ1) is 25.5. The van der Waals surface area contributed by atoms with Crippen molar-refractivity contribution in [3.8, 4) is 5.75 Å². The summed E-state index contributed by atoms with van der Waals surface area (Å²) >= 11 is 2.27. The fourth-order valence-corrected chi connectivity index (χ4v) is 6.37. The SMILES string of the molecule is O=C(O)CCC(Sc1nnn[nH]1)C1=C(C(=O)O)N2C(=O)C(NC(=O)C(O)c3ccc(O)cc3)[C@@H]2SC1. The summed E-state index contributed by atoms with van der Waals surface area (Å²) in [5.74, 6) is -3.84. The predicted octanol–water partition coefficient (Wildman–Crippen LogP) is -0.297. The second-order valence-electron chi connectivity index (χ2n) is 7.81. The number of aliphatic carboxylic acids is 2. The number of aliphatic hydroxyl groups excluding tert-OH is 1. The summed E-state index contributed by atoms with van der Waals surface area (Å²) in [5.41, 5.74) is 0.274. The maximum Gasteiger partial charge on any atom is 0.352 e. The molecule has 1 aromatic carbocycles. The van der Waals surface area contributed by atoms with E-state index >= 15 is 0 Å². The van der Waals surface area contributed by atoms with E-state index in [1.807, 2.05) is 0 Å². The van der Waals surface area contributed by atoms with E-state index in [1.165, 1.54) is 36.0 Å². The molecule has 1 saturated heterocycles. The van der Waals surface area contributed by atoms with Crippen LogP contribution in [0, 0.1) is 0 Å². The molecule has 1 fully saturated rings. The topological polar surface area (TPSA) is 219 Å². The summed E-state index contributed by atoms with van der Waals surface area (Å²) < 4.78 is 0. The smallest absolute Gasteiger partial charge is 0.352 e. The van der Waals surface area contributed by atoms with Gasteiger partial charge in [-0.1, -0.05) is 23.9 Å². The molecule has 0 radical (unpaired) electrons. The fourth-order valence-electron chi connectivity index (χ4n) is 3.82. The lowest BCUT2D eigenvalue weighted by atomic mass is 9.99. The first-order chi connectivity index (χ1) is 17.2. The highest BCUT2D eigenvalue weighted by atomic mass is 32.2. The molecule has 16 heteroatoms. The van der Waals surface area contributed by atoms with E-state index in [9.17, 15) is 34.5 Å². The van der Waals surface area contributed by atoms with Crippen LogP contribution in [0.1, 0.15) is 24.5 Å². The molecule has 0 bridgehead atoms. The lowest BCUT2D eigenvalue weighted by Gasteiger charge is -2.50. The van der Waals surface area contributed by atoms with Crippen LogP contribution in [-0.4, -0.2) is 92.1 Å². The average Bonchev–Trinajstić information content (AvgIpc) is 3.37. The highest BCUT2D eigenvalue weighted by Gasteiger charge is 2.55. The van der Waals surface area contributed by atoms with Gasteiger partial charge in [0.05, 0.1) is 0 Å². The summed E-state index contributed by atoms with van der Waals surface area (Å²) in [7, 11) is 0. The summed E-state index contributed by atoms with van der Waals surface area (Å²) in [6.07, 6.45) is -1.77. The normalized spacial score (nSPS) is 20.8. The van der Waals surface area contributed by atoms with Crippen molar-refractivity contribution in [2.75, 3.05) is 5.75 Å². The van der Waals surface area contributed by atoms with E-state index in [1.54, 1.807) is 0 Å². The third-order valence-corrected chi connectivity index (χ3v) is 8.05. The van der Waals surface area contributed by atoms with Crippen LogP contribution in [0.2, 0.25) is 0 Å². The number of fused-ring (bicyclic) bond motifs is 1. The molecule has 2 aromatic rings. The minimum atomic E-state index is -1.60. The van der Waals surface area contributed by atoms with Crippen LogP contribution in [0.5, 0.6) is 5.75 Å². The molecular weight excluding hydrogens is 516 g/mol. The summed E-state index contributed by atoms with van der Waals surface area (Å²) in [5, 5.41) is 53.3. The number of carbonyl (C=O) groups is 4. The average molecular weight is 537 g/mol. The number of carboxylic acids is 2. The number of hydrogen-bond donors (Lipinski definition) is 6. The molecule has 2 aliphatic rings. The zero-order valence-electron chi connectivity index (χ0n) is 18.3. The van der Waals surface area contributed by atoms with E-state index in [2.05, 4.69) is 25.9 Å². The summed E-state index contributed by atoms with van der Waals surface area (Å²) in [6, 6.07) is 4.27. The zero-order chi connectivity index (χ0) is 26.0. The molecule has 1 aromatic heterocycles. The first-order valence-electron chi connectivity index (χ1n) is 10.5. The lowest BCUT2D eigenvalue weighted by molar-refractivity contribution is -0.151. The van der Waals surface area contributed by atoms with Gasteiger partial charge in [-0.15, -0.1) is 16.9 Å². The Bertz CT molecular complexity index is 1210. The van der Waals surface area contributed by atoms with Gasteiger partial charge in [0.25, 0.3) is 11.8 Å². The second-order valence-corrected chi connectivity index (χ2v) is 10.1. The van der Waals surface area contributed by atoms with Gasteiger partial charge in [-0.3, -0.25) is 19.3 Å². The highest BCUT2D eigenvalue weighted by Crippen LogP contribution is 2.44. The van der Waals surface area contributed by atoms with Crippen molar-refractivity contribution >= 4 is 47.3 Å². The van der Waals surface area contributed by atoms with Crippen LogP contribution in [0.25, 0.3) is 0 Å². The van der Waals surface area contributed by atoms with Gasteiger partial charge in [0, 0.05) is 17.4 Å². The van der Waals surface area contributed by atoms with E-state index in [0.29, 0.717) is 5.57 Å². The van der Waals surface area contributed by atoms with Crippen molar-refractivity contribution in [1.82, 2.24) is 30.8 Å². The lowest BCUT2D eigenvalue weighted by Crippen LogP contribution is -2.71. The molecule has 4 atom stereocenters. The second kappa shape index (κ2) is 10.5. The Morgan fingerprint density at radius 1 is 1.25 bits per heavy atom. The van der Waals surface area contributed by atoms with Gasteiger partial charge in [-0.2, -0.15) is 0 Å². The van der Waals surface area contributed by atoms with Crippen LogP contribution < -0.4 is 5.32 Å². The summed E-state index contributed by atoms with van der Waals surface area (Å²) in [4.78, 5) is 50.0. The third-order valence-electron chi connectivity index (χ3n) is 5.54. The van der Waals surface area contributed by atoms with Gasteiger partial charge in [-0.05, 0) is 40.1 Å². The summed E-state index contributed by atoms with van der Waals surface area (Å²) in [6.45, 7) is 0. The number of amides is 2. The highest BCUT2D eigenvalue weighted by molar-refractivity contribution is 8.01. The number of aliphatic hydroxyl groups is 1. The molecule has 0 saturated carbocycles. The Hall–Kier alpha value is -3.63. The number of tetrazole rings is 1. The van der Waals surface area contributed by atoms with E-state index in [-0.39, 0.29) is 40.8 Å². The van der Waals surface area contributed by atoms with Gasteiger partial charge < -0.3 is 25.7 Å². The van der Waals surface area contributed by atoms with Crippen molar-refractivity contribution in [1.29, 1.82) is 0 Å². The Morgan fingerprint density at radius 2 is 1.97 bits per heavy atom. The molecule has 4 rings (SSSR count). The van der Waals surface area contributed by atoms with Crippen LogP contribution in [0.4, 0.5) is 0 Å². The maximum absolute atomic E-state index is 12.9. The van der Waals surface area contributed by atoms with Crippen molar-refractivity contribution in [2.24, 2.45) is 0 Å².